The first-order chi connectivity index (χ1) is 8.65. The second-order valence-corrected chi connectivity index (χ2v) is 4.58. The molecular formula is C13H14N4O. The van der Waals surface area contributed by atoms with E-state index in [4.69, 9.17) is 0 Å². The lowest BCUT2D eigenvalue weighted by atomic mass is 10.2. The normalized spacial score (nSPS) is 16.2. The molecule has 5 heteroatoms. The van der Waals surface area contributed by atoms with Crippen LogP contribution in [0.25, 0.3) is 6.08 Å². The average molecular weight is 242 g/mol. The fourth-order valence-electron chi connectivity index (χ4n) is 2.00. The minimum Gasteiger partial charge on any atom is -0.296 e. The quantitative estimate of drug-likeness (QED) is 0.817. The summed E-state index contributed by atoms with van der Waals surface area (Å²) in [6.45, 7) is 3.93. The Bertz CT molecular complexity index is 637. The molecule has 0 bridgehead atoms. The molecule has 0 atom stereocenters. The van der Waals surface area contributed by atoms with Crippen molar-refractivity contribution < 1.29 is 0 Å². The van der Waals surface area contributed by atoms with Crippen LogP contribution in [0, 0.1) is 0 Å². The highest BCUT2D eigenvalue weighted by atomic mass is 16.1. The Labute approximate surface area is 105 Å². The Balaban J connectivity index is 2.14. The summed E-state index contributed by atoms with van der Waals surface area (Å²) in [5, 5.41) is 1.84. The number of rotatable bonds is 1. The molecule has 2 aliphatic heterocycles. The van der Waals surface area contributed by atoms with Crippen molar-refractivity contribution in [1.82, 2.24) is 14.6 Å². The molecule has 1 N–H and O–H groups in total. The third-order valence-electron chi connectivity index (χ3n) is 2.96. The van der Waals surface area contributed by atoms with Crippen molar-refractivity contribution in [3.05, 3.63) is 52.4 Å². The van der Waals surface area contributed by atoms with Crippen molar-refractivity contribution in [1.29, 1.82) is 0 Å². The van der Waals surface area contributed by atoms with Gasteiger partial charge in [0, 0.05) is 24.0 Å². The first kappa shape index (κ1) is 10.8. The van der Waals surface area contributed by atoms with Crippen LogP contribution in [0.2, 0.25) is 0 Å². The maximum atomic E-state index is 11.8. The van der Waals surface area contributed by atoms with E-state index in [0.717, 1.165) is 11.3 Å². The number of aromatic nitrogens is 2. The number of anilines is 1. The van der Waals surface area contributed by atoms with Crippen LogP contribution in [0.5, 0.6) is 0 Å². The van der Waals surface area contributed by atoms with Crippen LogP contribution in [0.1, 0.15) is 25.5 Å². The molecule has 0 aromatic carbocycles. The van der Waals surface area contributed by atoms with Gasteiger partial charge in [0.15, 0.2) is 5.82 Å². The molecule has 18 heavy (non-hydrogen) atoms. The Morgan fingerprint density at radius 1 is 1.33 bits per heavy atom. The van der Waals surface area contributed by atoms with Gasteiger partial charge in [-0.25, -0.2) is 4.79 Å². The zero-order chi connectivity index (χ0) is 12.7. The molecule has 1 aromatic heterocycles. The van der Waals surface area contributed by atoms with Gasteiger partial charge >= 0.3 is 5.69 Å². The Hall–Kier alpha value is -2.30. The van der Waals surface area contributed by atoms with E-state index in [2.05, 4.69) is 10.4 Å². The summed E-state index contributed by atoms with van der Waals surface area (Å²) in [7, 11) is 0. The summed E-state index contributed by atoms with van der Waals surface area (Å²) < 4.78 is 1.63. The van der Waals surface area contributed by atoms with Gasteiger partial charge in [-0.3, -0.25) is 15.0 Å². The van der Waals surface area contributed by atoms with Crippen molar-refractivity contribution >= 4 is 11.9 Å². The highest BCUT2D eigenvalue weighted by Crippen LogP contribution is 2.26. The van der Waals surface area contributed by atoms with Crippen molar-refractivity contribution in [3.63, 3.8) is 0 Å². The summed E-state index contributed by atoms with van der Waals surface area (Å²) in [6.07, 6.45) is 11.6. The maximum Gasteiger partial charge on any atom is 0.349 e. The lowest BCUT2D eigenvalue weighted by Gasteiger charge is -2.29. The Kier molecular flexibility index (Phi) is 2.33. The van der Waals surface area contributed by atoms with Gasteiger partial charge in [-0.05, 0) is 32.1 Å². The largest absolute Gasteiger partial charge is 0.349 e. The molecule has 3 rings (SSSR count). The molecule has 0 saturated carbocycles. The van der Waals surface area contributed by atoms with Crippen LogP contribution < -0.4 is 11.1 Å². The summed E-state index contributed by atoms with van der Waals surface area (Å²) in [5.74, 6) is 0.598. The third kappa shape index (κ3) is 1.64. The molecule has 0 spiro atoms. The van der Waals surface area contributed by atoms with Crippen molar-refractivity contribution in [2.75, 3.05) is 5.43 Å². The first-order valence-corrected chi connectivity index (χ1v) is 5.91. The summed E-state index contributed by atoms with van der Waals surface area (Å²) in [5.41, 5.74) is 4.83. The molecule has 1 aromatic rings. The van der Waals surface area contributed by atoms with Gasteiger partial charge in [-0.2, -0.15) is 4.98 Å². The van der Waals surface area contributed by atoms with Gasteiger partial charge in [0.05, 0.1) is 5.70 Å². The summed E-state index contributed by atoms with van der Waals surface area (Å²) in [4.78, 5) is 15.9. The van der Waals surface area contributed by atoms with Crippen LogP contribution in [0.15, 0.2) is 41.1 Å². The monoisotopic (exact) mass is 242 g/mol. The topological polar surface area (TPSA) is 50.2 Å². The standard InChI is InChI=1S/C13H14N4O/c1-9(2)16-8-10-7-11-5-3-4-6-17(11)15-12(10)14-13(16)18/h3-9H,1-2H3,(H,14,15,18). The fourth-order valence-corrected chi connectivity index (χ4v) is 2.00. The van der Waals surface area contributed by atoms with Gasteiger partial charge in [0.25, 0.3) is 0 Å². The summed E-state index contributed by atoms with van der Waals surface area (Å²) in [6, 6.07) is 0.105. The van der Waals surface area contributed by atoms with Crippen molar-refractivity contribution in [3.8, 4) is 0 Å². The van der Waals surface area contributed by atoms with E-state index in [-0.39, 0.29) is 11.7 Å². The highest BCUT2D eigenvalue weighted by molar-refractivity contribution is 5.69. The molecule has 0 radical (unpaired) electrons. The fraction of sp³-hybridized carbons (Fsp3) is 0.231. The molecule has 5 nitrogen and oxygen atoms in total. The van der Waals surface area contributed by atoms with Gasteiger partial charge in [0.1, 0.15) is 0 Å². The van der Waals surface area contributed by atoms with E-state index in [1.165, 1.54) is 0 Å². The van der Waals surface area contributed by atoms with E-state index >= 15 is 0 Å². The molecule has 92 valence electrons. The average Bonchev–Trinajstić information content (AvgIpc) is 2.35. The zero-order valence-electron chi connectivity index (χ0n) is 10.3. The Morgan fingerprint density at radius 3 is 2.94 bits per heavy atom. The minimum absolute atomic E-state index is 0.105. The van der Waals surface area contributed by atoms with Gasteiger partial charge in [-0.15, -0.1) is 0 Å². The first-order valence-electron chi connectivity index (χ1n) is 5.91. The minimum atomic E-state index is -0.232. The number of allylic oxidation sites excluding steroid dienone is 3. The van der Waals surface area contributed by atoms with Gasteiger partial charge in [-0.1, -0.05) is 6.08 Å². The third-order valence-corrected chi connectivity index (χ3v) is 2.96. The molecule has 0 amide bonds. The van der Waals surface area contributed by atoms with Crippen LogP contribution >= 0.6 is 0 Å². The van der Waals surface area contributed by atoms with Gasteiger partial charge in [0.2, 0.25) is 0 Å². The second kappa shape index (κ2) is 3.87. The van der Waals surface area contributed by atoms with E-state index in [9.17, 15) is 4.79 Å². The molecule has 3 heterocycles. The van der Waals surface area contributed by atoms with E-state index < -0.39 is 0 Å². The lowest BCUT2D eigenvalue weighted by molar-refractivity contribution is 0.542. The van der Waals surface area contributed by atoms with Crippen LogP contribution in [0.4, 0.5) is 5.82 Å². The molecule has 0 aliphatic carbocycles. The van der Waals surface area contributed by atoms with Crippen LogP contribution in [-0.4, -0.2) is 14.6 Å². The van der Waals surface area contributed by atoms with Crippen LogP contribution in [-0.2, 0) is 0 Å². The number of nitrogens with zero attached hydrogens (tertiary/aromatic N) is 3. The smallest absolute Gasteiger partial charge is 0.296 e. The predicted octanol–water partition coefficient (Wildman–Crippen LogP) is 1.89. The summed E-state index contributed by atoms with van der Waals surface area (Å²) >= 11 is 0. The van der Waals surface area contributed by atoms with Crippen molar-refractivity contribution in [2.24, 2.45) is 0 Å². The van der Waals surface area contributed by atoms with Crippen LogP contribution in [0.3, 0.4) is 0 Å². The zero-order valence-corrected chi connectivity index (χ0v) is 10.3. The molecule has 0 unspecified atom stereocenters. The number of hydrazine groups is 1. The predicted molar refractivity (Wildman–Crippen MR) is 70.6 cm³/mol. The van der Waals surface area contributed by atoms with E-state index in [1.54, 1.807) is 4.57 Å². The number of hydrogen-bond acceptors (Lipinski definition) is 4. The molecular weight excluding hydrogens is 228 g/mol. The lowest BCUT2D eigenvalue weighted by Crippen LogP contribution is -2.32. The number of fused-ring (bicyclic) bond motifs is 2. The second-order valence-electron chi connectivity index (χ2n) is 4.58. The SMILES string of the molecule is CC(C)n1cc2c(nc1=O)NN1C=CC=CC1=C2. The van der Waals surface area contributed by atoms with E-state index in [1.807, 2.05) is 55.6 Å². The van der Waals surface area contributed by atoms with Crippen molar-refractivity contribution in [2.45, 2.75) is 19.9 Å². The van der Waals surface area contributed by atoms with Gasteiger partial charge < -0.3 is 0 Å². The number of hydrogen-bond donors (Lipinski definition) is 1. The molecule has 0 fully saturated rings. The highest BCUT2D eigenvalue weighted by Gasteiger charge is 2.18. The molecule has 2 aliphatic rings. The Morgan fingerprint density at radius 2 is 2.17 bits per heavy atom. The van der Waals surface area contributed by atoms with E-state index in [0.29, 0.717) is 5.82 Å². The molecule has 0 saturated heterocycles. The maximum absolute atomic E-state index is 11.8. The number of nitrogens with one attached hydrogen (secondary N) is 1.